The van der Waals surface area contributed by atoms with Gasteiger partial charge in [-0.1, -0.05) is 47.5 Å². The van der Waals surface area contributed by atoms with Crippen LogP contribution in [0.15, 0.2) is 53.1 Å². The highest BCUT2D eigenvalue weighted by Gasteiger charge is 2.27. The maximum atomic E-state index is 6.63. The molecule has 0 aliphatic heterocycles. The van der Waals surface area contributed by atoms with Gasteiger partial charge >= 0.3 is 0 Å². The molecule has 2 nitrogen and oxygen atoms in total. The van der Waals surface area contributed by atoms with Crippen LogP contribution in [0.4, 0.5) is 0 Å². The summed E-state index contributed by atoms with van der Waals surface area (Å²) in [6.07, 6.45) is 4.60. The highest BCUT2D eigenvalue weighted by Crippen LogP contribution is 2.27. The quantitative estimate of drug-likeness (QED) is 0.903. The van der Waals surface area contributed by atoms with Crippen LogP contribution in [0.1, 0.15) is 31.0 Å². The smallest absolute Gasteiger partial charge is 0.0624 e. The zero-order valence-corrected chi connectivity index (χ0v) is 12.7. The average Bonchev–Trinajstić information content (AvgIpc) is 2.43. The number of pyridine rings is 1. The molecule has 1 heterocycles. The molecule has 1 aromatic carbocycles. The third kappa shape index (κ3) is 3.64. The number of nitrogens with zero attached hydrogens (tertiary/aromatic N) is 1. The maximum absolute atomic E-state index is 6.63. The van der Waals surface area contributed by atoms with E-state index in [1.807, 2.05) is 24.4 Å². The van der Waals surface area contributed by atoms with Gasteiger partial charge < -0.3 is 5.73 Å². The molecule has 0 amide bonds. The number of benzene rings is 1. The minimum atomic E-state index is -0.385. The summed E-state index contributed by atoms with van der Waals surface area (Å²) < 4.78 is 1.09. The summed E-state index contributed by atoms with van der Waals surface area (Å²) in [5.41, 5.74) is 8.45. The summed E-state index contributed by atoms with van der Waals surface area (Å²) in [5.74, 6) is 0. The van der Waals surface area contributed by atoms with Gasteiger partial charge in [-0.3, -0.25) is 4.98 Å². The van der Waals surface area contributed by atoms with Gasteiger partial charge in [0.05, 0.1) is 11.2 Å². The molecule has 0 bridgehead atoms. The Balaban J connectivity index is 2.27. The summed E-state index contributed by atoms with van der Waals surface area (Å²) in [5, 5.41) is 0. The fraction of sp³-hybridized carbons (Fsp3) is 0.312. The van der Waals surface area contributed by atoms with Crippen molar-refractivity contribution >= 4 is 15.9 Å². The number of aromatic nitrogens is 1. The first-order valence-corrected chi connectivity index (χ1v) is 7.38. The third-order valence-corrected chi connectivity index (χ3v) is 3.83. The first-order chi connectivity index (χ1) is 9.14. The monoisotopic (exact) mass is 318 g/mol. The summed E-state index contributed by atoms with van der Waals surface area (Å²) in [6, 6.07) is 14.3. The lowest BCUT2D eigenvalue weighted by Crippen LogP contribution is -2.39. The SMILES string of the molecule is CCCC(N)(Cc1ccc(Br)cc1)c1ccccn1. The van der Waals surface area contributed by atoms with Crippen molar-refractivity contribution in [1.82, 2.24) is 4.98 Å². The lowest BCUT2D eigenvalue weighted by molar-refractivity contribution is 0.389. The molecule has 0 aliphatic rings. The van der Waals surface area contributed by atoms with Crippen LogP contribution in [0.25, 0.3) is 0 Å². The number of nitrogens with two attached hydrogens (primary N) is 1. The number of hydrogen-bond acceptors (Lipinski definition) is 2. The highest BCUT2D eigenvalue weighted by atomic mass is 79.9. The van der Waals surface area contributed by atoms with Crippen LogP contribution < -0.4 is 5.73 Å². The van der Waals surface area contributed by atoms with Crippen molar-refractivity contribution in [3.05, 3.63) is 64.4 Å². The van der Waals surface area contributed by atoms with Crippen molar-refractivity contribution in [2.24, 2.45) is 5.73 Å². The van der Waals surface area contributed by atoms with Gasteiger partial charge in [0.25, 0.3) is 0 Å². The Hall–Kier alpha value is -1.19. The topological polar surface area (TPSA) is 38.9 Å². The predicted molar refractivity (Wildman–Crippen MR) is 82.9 cm³/mol. The molecule has 0 aliphatic carbocycles. The van der Waals surface area contributed by atoms with Crippen molar-refractivity contribution in [1.29, 1.82) is 0 Å². The highest BCUT2D eigenvalue weighted by molar-refractivity contribution is 9.10. The van der Waals surface area contributed by atoms with E-state index < -0.39 is 0 Å². The minimum Gasteiger partial charge on any atom is -0.320 e. The van der Waals surface area contributed by atoms with Gasteiger partial charge in [0, 0.05) is 10.7 Å². The molecule has 0 saturated heterocycles. The van der Waals surface area contributed by atoms with Crippen LogP contribution in [-0.4, -0.2) is 4.98 Å². The van der Waals surface area contributed by atoms with Crippen LogP contribution >= 0.6 is 15.9 Å². The lowest BCUT2D eigenvalue weighted by atomic mass is 9.84. The van der Waals surface area contributed by atoms with E-state index >= 15 is 0 Å². The second-order valence-corrected chi connectivity index (χ2v) is 5.84. The van der Waals surface area contributed by atoms with E-state index in [1.165, 1.54) is 5.56 Å². The van der Waals surface area contributed by atoms with Crippen LogP contribution in [0, 0.1) is 0 Å². The van der Waals surface area contributed by atoms with Crippen molar-refractivity contribution < 1.29 is 0 Å². The van der Waals surface area contributed by atoms with Crippen molar-refractivity contribution in [3.8, 4) is 0 Å². The molecule has 0 radical (unpaired) electrons. The molecule has 1 aromatic heterocycles. The molecule has 2 aromatic rings. The number of hydrogen-bond donors (Lipinski definition) is 1. The fourth-order valence-corrected chi connectivity index (χ4v) is 2.64. The van der Waals surface area contributed by atoms with Gasteiger partial charge in [0.1, 0.15) is 0 Å². The largest absolute Gasteiger partial charge is 0.320 e. The van der Waals surface area contributed by atoms with E-state index in [4.69, 9.17) is 5.73 Å². The van der Waals surface area contributed by atoms with Crippen molar-refractivity contribution in [3.63, 3.8) is 0 Å². The van der Waals surface area contributed by atoms with E-state index in [9.17, 15) is 0 Å². The fourth-order valence-electron chi connectivity index (χ4n) is 2.38. The molecule has 2 rings (SSSR count). The second-order valence-electron chi connectivity index (χ2n) is 4.92. The third-order valence-electron chi connectivity index (χ3n) is 3.30. The molecule has 1 unspecified atom stereocenters. The number of halogens is 1. The molecule has 0 saturated carbocycles. The normalized spacial score (nSPS) is 14.1. The minimum absolute atomic E-state index is 0.385. The summed E-state index contributed by atoms with van der Waals surface area (Å²) in [4.78, 5) is 4.45. The van der Waals surface area contributed by atoms with Gasteiger partial charge in [-0.05, 0) is 42.7 Å². The summed E-state index contributed by atoms with van der Waals surface area (Å²) >= 11 is 3.46. The molecular formula is C16H19BrN2. The van der Waals surface area contributed by atoms with Crippen LogP contribution in [0.3, 0.4) is 0 Å². The standard InChI is InChI=1S/C16H19BrN2/c1-2-10-16(18,15-5-3-4-11-19-15)12-13-6-8-14(17)9-7-13/h3-9,11H,2,10,12,18H2,1H3. The Morgan fingerprint density at radius 2 is 1.89 bits per heavy atom. The first kappa shape index (κ1) is 14.2. The Labute approximate surface area is 123 Å². The Bertz CT molecular complexity index is 510. The van der Waals surface area contributed by atoms with Gasteiger partial charge in [-0.2, -0.15) is 0 Å². The molecule has 1 atom stereocenters. The van der Waals surface area contributed by atoms with Crippen molar-refractivity contribution in [2.45, 2.75) is 31.7 Å². The van der Waals surface area contributed by atoms with E-state index in [1.54, 1.807) is 0 Å². The van der Waals surface area contributed by atoms with Gasteiger partial charge in [0.15, 0.2) is 0 Å². The van der Waals surface area contributed by atoms with Crippen LogP contribution in [0.2, 0.25) is 0 Å². The predicted octanol–water partition coefficient (Wildman–Crippen LogP) is 4.04. The van der Waals surface area contributed by atoms with Gasteiger partial charge in [-0.15, -0.1) is 0 Å². The Kier molecular flexibility index (Phi) is 4.72. The summed E-state index contributed by atoms with van der Waals surface area (Å²) in [7, 11) is 0. The maximum Gasteiger partial charge on any atom is 0.0624 e. The lowest BCUT2D eigenvalue weighted by Gasteiger charge is -2.29. The van der Waals surface area contributed by atoms with Crippen molar-refractivity contribution in [2.75, 3.05) is 0 Å². The van der Waals surface area contributed by atoms with E-state index in [0.717, 1.165) is 29.4 Å². The molecular weight excluding hydrogens is 300 g/mol. The van der Waals surface area contributed by atoms with Gasteiger partial charge in [0.2, 0.25) is 0 Å². The molecule has 0 fully saturated rings. The summed E-state index contributed by atoms with van der Waals surface area (Å²) in [6.45, 7) is 2.16. The van der Waals surface area contributed by atoms with E-state index in [2.05, 4.69) is 52.1 Å². The zero-order valence-electron chi connectivity index (χ0n) is 11.1. The Morgan fingerprint density at radius 1 is 1.16 bits per heavy atom. The molecule has 19 heavy (non-hydrogen) atoms. The molecule has 3 heteroatoms. The second kappa shape index (κ2) is 6.31. The first-order valence-electron chi connectivity index (χ1n) is 6.59. The number of rotatable bonds is 5. The van der Waals surface area contributed by atoms with Crippen LogP contribution in [-0.2, 0) is 12.0 Å². The average molecular weight is 319 g/mol. The molecule has 2 N–H and O–H groups in total. The molecule has 100 valence electrons. The van der Waals surface area contributed by atoms with Gasteiger partial charge in [-0.25, -0.2) is 0 Å². The van der Waals surface area contributed by atoms with Crippen LogP contribution in [0.5, 0.6) is 0 Å². The molecule has 0 spiro atoms. The zero-order chi connectivity index (χ0) is 13.7. The Morgan fingerprint density at radius 3 is 2.47 bits per heavy atom. The van der Waals surface area contributed by atoms with E-state index in [-0.39, 0.29) is 5.54 Å². The van der Waals surface area contributed by atoms with E-state index in [0.29, 0.717) is 0 Å².